The first kappa shape index (κ1) is 21.3. The van der Waals surface area contributed by atoms with Gasteiger partial charge in [0.05, 0.1) is 0 Å². The fourth-order valence-corrected chi connectivity index (χ4v) is 4.03. The largest absolute Gasteiger partial charge is 0.355 e. The summed E-state index contributed by atoms with van der Waals surface area (Å²) in [6.07, 6.45) is 4.32. The van der Waals surface area contributed by atoms with Crippen molar-refractivity contribution >= 4 is 29.0 Å². The van der Waals surface area contributed by atoms with Crippen molar-refractivity contribution < 1.29 is 4.79 Å². The van der Waals surface area contributed by atoms with Crippen molar-refractivity contribution in [3.05, 3.63) is 82.8 Å². The molecule has 0 unspecified atom stereocenters. The number of anilines is 2. The number of amides is 1. The lowest BCUT2D eigenvalue weighted by molar-refractivity contribution is 0.102. The normalized spacial score (nSPS) is 14.8. The number of nitrogens with zero attached hydrogens (tertiary/aromatic N) is 4. The highest BCUT2D eigenvalue weighted by atomic mass is 35.5. The molecule has 1 N–H and O–H groups in total. The van der Waals surface area contributed by atoms with Gasteiger partial charge < -0.3 is 10.2 Å². The van der Waals surface area contributed by atoms with E-state index in [1.165, 1.54) is 5.56 Å². The van der Waals surface area contributed by atoms with E-state index in [1.807, 2.05) is 18.2 Å². The van der Waals surface area contributed by atoms with Crippen LogP contribution in [-0.4, -0.2) is 47.0 Å². The van der Waals surface area contributed by atoms with E-state index < -0.39 is 0 Å². The van der Waals surface area contributed by atoms with Gasteiger partial charge in [0.15, 0.2) is 0 Å². The number of aromatic nitrogens is 2. The Labute approximate surface area is 187 Å². The second-order valence-electron chi connectivity index (χ2n) is 7.78. The summed E-state index contributed by atoms with van der Waals surface area (Å²) < 4.78 is 0. The summed E-state index contributed by atoms with van der Waals surface area (Å²) in [5.41, 5.74) is 3.44. The molecule has 1 saturated heterocycles. The van der Waals surface area contributed by atoms with Gasteiger partial charge in [-0.05, 0) is 54.8 Å². The zero-order chi connectivity index (χ0) is 21.6. The highest BCUT2D eigenvalue weighted by Gasteiger charge is 2.18. The monoisotopic (exact) mass is 435 g/mol. The Morgan fingerprint density at radius 2 is 1.90 bits per heavy atom. The van der Waals surface area contributed by atoms with Gasteiger partial charge in [0, 0.05) is 55.8 Å². The lowest BCUT2D eigenvalue weighted by Crippen LogP contribution is -2.31. The van der Waals surface area contributed by atoms with E-state index in [9.17, 15) is 4.79 Å². The first-order chi connectivity index (χ1) is 15.1. The van der Waals surface area contributed by atoms with Crippen LogP contribution < -0.4 is 10.2 Å². The van der Waals surface area contributed by atoms with E-state index in [4.69, 9.17) is 11.6 Å². The minimum atomic E-state index is -0.224. The molecule has 3 aromatic rings. The molecular formula is C24H26ClN5O. The summed E-state index contributed by atoms with van der Waals surface area (Å²) in [7, 11) is 0. The van der Waals surface area contributed by atoms with Gasteiger partial charge >= 0.3 is 0 Å². The number of aryl methyl sites for hydroxylation is 1. The Morgan fingerprint density at radius 1 is 1.06 bits per heavy atom. The van der Waals surface area contributed by atoms with Gasteiger partial charge in [-0.3, -0.25) is 14.7 Å². The van der Waals surface area contributed by atoms with Crippen LogP contribution in [0.25, 0.3) is 0 Å². The molecule has 1 amide bonds. The molecule has 0 aliphatic carbocycles. The second-order valence-corrected chi connectivity index (χ2v) is 8.19. The number of nitrogens with one attached hydrogen (secondary N) is 1. The van der Waals surface area contributed by atoms with Crippen molar-refractivity contribution in [3.8, 4) is 0 Å². The average molecular weight is 436 g/mol. The number of carbonyl (C=O) groups excluding carboxylic acids is 1. The zero-order valence-electron chi connectivity index (χ0n) is 17.6. The molecule has 1 aliphatic rings. The average Bonchev–Trinajstić information content (AvgIpc) is 3.02. The van der Waals surface area contributed by atoms with Crippen LogP contribution in [0.5, 0.6) is 0 Å². The molecule has 4 rings (SSSR count). The first-order valence-electron chi connectivity index (χ1n) is 10.5. The lowest BCUT2D eigenvalue weighted by Gasteiger charge is -2.23. The summed E-state index contributed by atoms with van der Waals surface area (Å²) in [4.78, 5) is 25.9. The third-order valence-electron chi connectivity index (χ3n) is 5.42. The van der Waals surface area contributed by atoms with Crippen molar-refractivity contribution in [1.29, 1.82) is 0 Å². The molecule has 1 aliphatic heterocycles. The smallest absolute Gasteiger partial charge is 0.274 e. The third kappa shape index (κ3) is 5.60. The minimum absolute atomic E-state index is 0.224. The van der Waals surface area contributed by atoms with E-state index in [0.717, 1.165) is 55.5 Å². The van der Waals surface area contributed by atoms with Crippen LogP contribution in [0, 0.1) is 6.92 Å². The predicted octanol–water partition coefficient (Wildman–Crippen LogP) is 4.40. The summed E-state index contributed by atoms with van der Waals surface area (Å²) in [5.74, 6) is 0.608. The third-order valence-corrected chi connectivity index (χ3v) is 5.77. The van der Waals surface area contributed by atoms with Crippen LogP contribution >= 0.6 is 11.6 Å². The lowest BCUT2D eigenvalue weighted by atomic mass is 10.1. The molecule has 0 spiro atoms. The number of pyridine rings is 2. The van der Waals surface area contributed by atoms with Crippen LogP contribution in [0.4, 0.5) is 11.5 Å². The summed E-state index contributed by atoms with van der Waals surface area (Å²) in [6, 6.07) is 15.4. The quantitative estimate of drug-likeness (QED) is 0.643. The maximum atomic E-state index is 12.6. The number of hydrogen-bond donors (Lipinski definition) is 1. The molecule has 2 aromatic heterocycles. The summed E-state index contributed by atoms with van der Waals surface area (Å²) in [5, 5.41) is 3.69. The molecule has 0 radical (unpaired) electrons. The SMILES string of the molecule is Cc1ccc(CN2CCCN(c3cccc(C(=O)Nc4ccncc4)n3)CC2)c(Cl)c1. The Hall–Kier alpha value is -2.96. The molecule has 7 heteroatoms. The molecule has 160 valence electrons. The van der Waals surface area contributed by atoms with Gasteiger partial charge in [-0.25, -0.2) is 4.98 Å². The van der Waals surface area contributed by atoms with E-state index in [1.54, 1.807) is 30.6 Å². The Balaban J connectivity index is 1.40. The summed E-state index contributed by atoms with van der Waals surface area (Å²) >= 11 is 6.43. The number of hydrogen-bond acceptors (Lipinski definition) is 5. The van der Waals surface area contributed by atoms with Gasteiger partial charge in [0.1, 0.15) is 11.5 Å². The maximum Gasteiger partial charge on any atom is 0.274 e. The maximum absolute atomic E-state index is 12.6. The molecule has 1 fully saturated rings. The minimum Gasteiger partial charge on any atom is -0.355 e. The standard InChI is InChI=1S/C24H26ClN5O/c1-18-6-7-19(21(25)16-18)17-29-12-3-13-30(15-14-29)23-5-2-4-22(28-23)24(31)27-20-8-10-26-11-9-20/h2,4-11,16H,3,12-15,17H2,1H3,(H,26,27,31). The number of carbonyl (C=O) groups is 1. The fraction of sp³-hybridized carbons (Fsp3) is 0.292. The van der Waals surface area contributed by atoms with Crippen LogP contribution in [0.1, 0.15) is 28.0 Å². The van der Waals surface area contributed by atoms with Gasteiger partial charge in [-0.1, -0.05) is 29.8 Å². The molecule has 0 bridgehead atoms. The van der Waals surface area contributed by atoms with Crippen LogP contribution in [0.15, 0.2) is 60.9 Å². The number of halogens is 1. The van der Waals surface area contributed by atoms with Crippen LogP contribution in [0.2, 0.25) is 5.02 Å². The van der Waals surface area contributed by atoms with E-state index in [0.29, 0.717) is 11.4 Å². The predicted molar refractivity (Wildman–Crippen MR) is 125 cm³/mol. The Morgan fingerprint density at radius 3 is 2.71 bits per heavy atom. The fourth-order valence-electron chi connectivity index (χ4n) is 3.74. The topological polar surface area (TPSA) is 61.4 Å². The number of benzene rings is 1. The first-order valence-corrected chi connectivity index (χ1v) is 10.9. The molecule has 6 nitrogen and oxygen atoms in total. The van der Waals surface area contributed by atoms with E-state index >= 15 is 0 Å². The van der Waals surface area contributed by atoms with Crippen molar-refractivity contribution in [2.75, 3.05) is 36.4 Å². The van der Waals surface area contributed by atoms with Crippen molar-refractivity contribution in [2.24, 2.45) is 0 Å². The van der Waals surface area contributed by atoms with Crippen molar-refractivity contribution in [2.45, 2.75) is 19.9 Å². The van der Waals surface area contributed by atoms with Gasteiger partial charge in [0.2, 0.25) is 0 Å². The Kier molecular flexibility index (Phi) is 6.79. The van der Waals surface area contributed by atoms with E-state index in [-0.39, 0.29) is 5.91 Å². The highest BCUT2D eigenvalue weighted by molar-refractivity contribution is 6.31. The van der Waals surface area contributed by atoms with Gasteiger partial charge in [0.25, 0.3) is 5.91 Å². The molecule has 1 aromatic carbocycles. The van der Waals surface area contributed by atoms with Gasteiger partial charge in [-0.15, -0.1) is 0 Å². The molecule has 0 atom stereocenters. The highest BCUT2D eigenvalue weighted by Crippen LogP contribution is 2.21. The van der Waals surface area contributed by atoms with Crippen LogP contribution in [0.3, 0.4) is 0 Å². The molecule has 3 heterocycles. The molecule has 31 heavy (non-hydrogen) atoms. The summed E-state index contributed by atoms with van der Waals surface area (Å²) in [6.45, 7) is 6.57. The van der Waals surface area contributed by atoms with Gasteiger partial charge in [-0.2, -0.15) is 0 Å². The van der Waals surface area contributed by atoms with E-state index in [2.05, 4.69) is 44.1 Å². The molecular weight excluding hydrogens is 410 g/mol. The van der Waals surface area contributed by atoms with Crippen molar-refractivity contribution in [3.63, 3.8) is 0 Å². The molecule has 0 saturated carbocycles. The van der Waals surface area contributed by atoms with Crippen molar-refractivity contribution in [1.82, 2.24) is 14.9 Å². The van der Waals surface area contributed by atoms with Crippen LogP contribution in [-0.2, 0) is 6.54 Å². The number of rotatable bonds is 5. The Bertz CT molecular complexity index is 1040. The second kappa shape index (κ2) is 9.90. The zero-order valence-corrected chi connectivity index (χ0v) is 18.3.